The molecule has 3 aromatic heterocycles. The Balaban J connectivity index is 1.06. The normalized spacial score (nSPS) is 13.0. The highest BCUT2D eigenvalue weighted by Crippen LogP contribution is 2.52. The molecule has 0 atom stereocenters. The molecule has 0 radical (unpaired) electrons. The van der Waals surface area contributed by atoms with Gasteiger partial charge in [0.1, 0.15) is 11.2 Å². The highest BCUT2D eigenvalue weighted by atomic mass is 32.1. The number of hydrogen-bond donors (Lipinski definition) is 0. The predicted octanol–water partition coefficient (Wildman–Crippen LogP) is 18.2. The maximum Gasteiger partial charge on any atom is 0.143 e. The Morgan fingerprint density at radius 3 is 1.85 bits per heavy atom. The van der Waals surface area contributed by atoms with Gasteiger partial charge in [-0.05, 0) is 101 Å². The molecule has 0 unspecified atom stereocenters. The van der Waals surface area contributed by atoms with Gasteiger partial charge in [0, 0.05) is 75.2 Å². The fraction of sp³-hybridized carbons (Fsp3) is 0.0476. The highest BCUT2D eigenvalue weighted by molar-refractivity contribution is 7.25. The van der Waals surface area contributed by atoms with Gasteiger partial charge in [-0.15, -0.1) is 11.3 Å². The topological polar surface area (TPSA) is 21.3 Å². The van der Waals surface area contributed by atoms with Crippen molar-refractivity contribution in [3.05, 3.63) is 230 Å². The minimum absolute atomic E-state index is 0.131. The average Bonchev–Trinajstić information content (AvgIpc) is 4.11. The van der Waals surface area contributed by atoms with Crippen molar-refractivity contribution in [3.8, 4) is 39.1 Å². The van der Waals surface area contributed by atoms with Crippen LogP contribution in [0.15, 0.2) is 223 Å². The molecule has 1 aliphatic carbocycles. The lowest BCUT2D eigenvalue weighted by Crippen LogP contribution is -2.15. The van der Waals surface area contributed by atoms with Crippen LogP contribution in [0.25, 0.3) is 103 Å². The maximum absolute atomic E-state index is 6.98. The van der Waals surface area contributed by atoms with E-state index in [0.29, 0.717) is 0 Å². The van der Waals surface area contributed by atoms with Crippen molar-refractivity contribution < 1.29 is 4.42 Å². The molecule has 1 aliphatic rings. The molecule has 0 aliphatic heterocycles. The van der Waals surface area contributed by atoms with E-state index in [9.17, 15) is 0 Å². The molecule has 0 amide bonds. The average molecular weight is 875 g/mol. The predicted molar refractivity (Wildman–Crippen MR) is 284 cm³/mol. The van der Waals surface area contributed by atoms with E-state index in [1.807, 2.05) is 11.3 Å². The lowest BCUT2D eigenvalue weighted by Gasteiger charge is -2.29. The van der Waals surface area contributed by atoms with Gasteiger partial charge in [0.05, 0.1) is 22.4 Å². The van der Waals surface area contributed by atoms with Crippen molar-refractivity contribution in [3.63, 3.8) is 0 Å². The van der Waals surface area contributed by atoms with E-state index in [0.717, 1.165) is 61.4 Å². The third-order valence-corrected chi connectivity index (χ3v) is 15.5. The number of furan rings is 1. The van der Waals surface area contributed by atoms with Crippen molar-refractivity contribution in [2.45, 2.75) is 19.3 Å². The summed E-state index contributed by atoms with van der Waals surface area (Å²) >= 11 is 1.85. The Bertz CT molecular complexity index is 4110. The maximum atomic E-state index is 6.98. The van der Waals surface area contributed by atoms with Crippen LogP contribution in [-0.4, -0.2) is 4.57 Å². The Morgan fingerprint density at radius 1 is 0.418 bits per heavy atom. The van der Waals surface area contributed by atoms with Gasteiger partial charge >= 0.3 is 0 Å². The second-order valence-corrected chi connectivity index (χ2v) is 19.5. The third-order valence-electron chi connectivity index (χ3n) is 14.4. The summed E-state index contributed by atoms with van der Waals surface area (Å²) < 4.78 is 12.0. The number of nitrogens with zero attached hydrogens (tertiary/aromatic N) is 2. The van der Waals surface area contributed by atoms with Crippen molar-refractivity contribution >= 4 is 92.3 Å². The first kappa shape index (κ1) is 38.1. The van der Waals surface area contributed by atoms with E-state index in [1.165, 1.54) is 69.8 Å². The number of rotatable bonds is 6. The number of aromatic nitrogens is 1. The molecule has 14 rings (SSSR count). The van der Waals surface area contributed by atoms with Crippen molar-refractivity contribution in [1.29, 1.82) is 0 Å². The van der Waals surface area contributed by atoms with Crippen LogP contribution in [0.4, 0.5) is 17.1 Å². The quantitative estimate of drug-likeness (QED) is 0.166. The summed E-state index contributed by atoms with van der Waals surface area (Å²) in [5, 5.41) is 7.14. The largest absolute Gasteiger partial charge is 0.455 e. The van der Waals surface area contributed by atoms with E-state index >= 15 is 0 Å². The standard InChI is InChI=1S/C63H42N2OS/c1-63(2)53-24-10-3-18-43(53)44-33-31-39(35-54(44)63)42-17-4-11-25-55(42)64(40-32-34-61-50(36-40)49-23-9-16-30-60(49)67-61)41-37-51(62-52(38-41)48-22-8-15-29-59(48)66-62)47-21-7-14-28-58(47)65-56-26-12-5-19-45(56)46-20-6-13-27-57(46)65/h3-38H,1-2H3. The van der Waals surface area contributed by atoms with Gasteiger partial charge in [-0.25, -0.2) is 0 Å². The lowest BCUT2D eigenvalue weighted by atomic mass is 9.81. The fourth-order valence-electron chi connectivity index (χ4n) is 11.3. The summed E-state index contributed by atoms with van der Waals surface area (Å²) in [7, 11) is 0. The molecule has 0 N–H and O–H groups in total. The Labute approximate surface area is 392 Å². The van der Waals surface area contributed by atoms with Gasteiger partial charge in [-0.2, -0.15) is 0 Å². The minimum atomic E-state index is -0.131. The third kappa shape index (κ3) is 5.63. The molecule has 3 heterocycles. The molecule has 13 aromatic rings. The van der Waals surface area contributed by atoms with Gasteiger partial charge in [0.2, 0.25) is 0 Å². The van der Waals surface area contributed by atoms with Crippen LogP contribution in [0, 0.1) is 0 Å². The number of thiophene rings is 1. The van der Waals surface area contributed by atoms with Crippen LogP contribution >= 0.6 is 11.3 Å². The second kappa shape index (κ2) is 14.4. The molecule has 0 bridgehead atoms. The van der Waals surface area contributed by atoms with Crippen molar-refractivity contribution in [2.75, 3.05) is 4.90 Å². The summed E-state index contributed by atoms with van der Waals surface area (Å²) in [6.07, 6.45) is 0. The zero-order valence-corrected chi connectivity index (χ0v) is 37.8. The van der Waals surface area contributed by atoms with Crippen LogP contribution in [0.1, 0.15) is 25.0 Å². The van der Waals surface area contributed by atoms with E-state index in [-0.39, 0.29) is 5.41 Å². The lowest BCUT2D eigenvalue weighted by molar-refractivity contribution is 0.660. The monoisotopic (exact) mass is 874 g/mol. The van der Waals surface area contributed by atoms with Gasteiger partial charge in [0.25, 0.3) is 0 Å². The molecule has 0 spiro atoms. The molecule has 3 nitrogen and oxygen atoms in total. The van der Waals surface area contributed by atoms with E-state index in [2.05, 4.69) is 242 Å². The molecule has 4 heteroatoms. The summed E-state index contributed by atoms with van der Waals surface area (Å²) in [5.41, 5.74) is 18.1. The van der Waals surface area contributed by atoms with Gasteiger partial charge in [0.15, 0.2) is 0 Å². The molecule has 0 saturated heterocycles. The van der Waals surface area contributed by atoms with Crippen LogP contribution in [0.5, 0.6) is 0 Å². The zero-order valence-electron chi connectivity index (χ0n) is 37.0. The van der Waals surface area contributed by atoms with Gasteiger partial charge < -0.3 is 13.9 Å². The zero-order chi connectivity index (χ0) is 44.4. The first-order chi connectivity index (χ1) is 33.0. The van der Waals surface area contributed by atoms with Gasteiger partial charge in [-0.3, -0.25) is 0 Å². The number of hydrogen-bond acceptors (Lipinski definition) is 3. The Kier molecular flexibility index (Phi) is 8.20. The van der Waals surface area contributed by atoms with Crippen molar-refractivity contribution in [2.24, 2.45) is 0 Å². The molecular formula is C63H42N2OS. The molecule has 67 heavy (non-hydrogen) atoms. The molecular weight excluding hydrogens is 833 g/mol. The number of benzene rings is 10. The van der Waals surface area contributed by atoms with E-state index < -0.39 is 0 Å². The highest BCUT2D eigenvalue weighted by Gasteiger charge is 2.35. The first-order valence-electron chi connectivity index (χ1n) is 23.1. The van der Waals surface area contributed by atoms with Crippen LogP contribution < -0.4 is 4.90 Å². The number of fused-ring (bicyclic) bond motifs is 12. The summed E-state index contributed by atoms with van der Waals surface area (Å²) in [5.74, 6) is 0. The summed E-state index contributed by atoms with van der Waals surface area (Å²) in [4.78, 5) is 2.49. The summed E-state index contributed by atoms with van der Waals surface area (Å²) in [6, 6.07) is 80.3. The molecule has 0 fully saturated rings. The fourth-order valence-corrected chi connectivity index (χ4v) is 12.4. The molecule has 10 aromatic carbocycles. The second-order valence-electron chi connectivity index (χ2n) is 18.4. The minimum Gasteiger partial charge on any atom is -0.455 e. The Hall–Kier alpha value is -8.18. The number of para-hydroxylation sites is 5. The Morgan fingerprint density at radius 2 is 1.03 bits per heavy atom. The smallest absolute Gasteiger partial charge is 0.143 e. The van der Waals surface area contributed by atoms with Crippen LogP contribution in [0.3, 0.4) is 0 Å². The molecule has 0 saturated carbocycles. The van der Waals surface area contributed by atoms with Gasteiger partial charge in [-0.1, -0.05) is 159 Å². The van der Waals surface area contributed by atoms with E-state index in [4.69, 9.17) is 4.42 Å². The van der Waals surface area contributed by atoms with E-state index in [1.54, 1.807) is 0 Å². The summed E-state index contributed by atoms with van der Waals surface area (Å²) in [6.45, 7) is 4.73. The number of anilines is 3. The van der Waals surface area contributed by atoms with Crippen LogP contribution in [0.2, 0.25) is 0 Å². The first-order valence-corrected chi connectivity index (χ1v) is 23.9. The van der Waals surface area contributed by atoms with Crippen LogP contribution in [-0.2, 0) is 5.41 Å². The SMILES string of the molecule is CC1(C)c2ccccc2-c2ccc(-c3ccccc3N(c3ccc4sc5ccccc5c4c3)c3cc(-c4ccccc4-n4c5ccccc5c5ccccc54)c4oc5ccccc5c4c3)cc21. The van der Waals surface area contributed by atoms with Crippen molar-refractivity contribution in [1.82, 2.24) is 4.57 Å². The molecule has 316 valence electrons.